The van der Waals surface area contributed by atoms with E-state index in [0.29, 0.717) is 35.8 Å². The first-order valence-corrected chi connectivity index (χ1v) is 11.5. The average molecular weight is 469 g/mol. The number of fused-ring (bicyclic) bond motifs is 1. The number of anilines is 1. The summed E-state index contributed by atoms with van der Waals surface area (Å²) >= 11 is 0. The summed E-state index contributed by atoms with van der Waals surface area (Å²) in [6.07, 6.45) is 3.20. The van der Waals surface area contributed by atoms with Crippen LogP contribution in [0.15, 0.2) is 36.5 Å². The minimum absolute atomic E-state index is 0.00842. The monoisotopic (exact) mass is 468 g/mol. The molecule has 0 unspecified atom stereocenters. The number of aromatic nitrogens is 2. The van der Waals surface area contributed by atoms with E-state index in [4.69, 9.17) is 4.74 Å². The molecule has 0 aliphatic carbocycles. The van der Waals surface area contributed by atoms with Crippen molar-refractivity contribution in [3.05, 3.63) is 70.9 Å². The second-order valence-electron chi connectivity index (χ2n) is 9.17. The Balaban J connectivity index is 1.40. The van der Waals surface area contributed by atoms with Gasteiger partial charge in [-0.1, -0.05) is 12.1 Å². The Kier molecular flexibility index (Phi) is 6.16. The molecule has 0 saturated carbocycles. The van der Waals surface area contributed by atoms with Gasteiger partial charge in [0.25, 0.3) is 0 Å². The van der Waals surface area contributed by atoms with Crippen molar-refractivity contribution in [2.45, 2.75) is 25.2 Å². The van der Waals surface area contributed by atoms with E-state index in [0.717, 1.165) is 37.7 Å². The van der Waals surface area contributed by atoms with Crippen molar-refractivity contribution in [2.24, 2.45) is 0 Å². The predicted octanol–water partition coefficient (Wildman–Crippen LogP) is 4.79. The van der Waals surface area contributed by atoms with Gasteiger partial charge in [-0.2, -0.15) is 0 Å². The highest BCUT2D eigenvalue weighted by atomic mass is 19.1. The van der Waals surface area contributed by atoms with Crippen LogP contribution in [0.4, 0.5) is 18.9 Å². The first-order valence-electron chi connectivity index (χ1n) is 11.5. The van der Waals surface area contributed by atoms with Gasteiger partial charge in [-0.25, -0.2) is 23.1 Å². The van der Waals surface area contributed by atoms with Crippen LogP contribution in [0.1, 0.15) is 35.7 Å². The van der Waals surface area contributed by atoms with Crippen molar-refractivity contribution in [3.8, 4) is 17.0 Å². The maximum atomic E-state index is 14.9. The van der Waals surface area contributed by atoms with E-state index < -0.39 is 11.6 Å². The zero-order valence-corrected chi connectivity index (χ0v) is 19.3. The number of hydrogen-bond donors (Lipinski definition) is 0. The maximum Gasteiger partial charge on any atom is 0.178 e. The van der Waals surface area contributed by atoms with Gasteiger partial charge in [0.05, 0.1) is 18.4 Å². The van der Waals surface area contributed by atoms with Crippen LogP contribution in [0.2, 0.25) is 0 Å². The lowest BCUT2D eigenvalue weighted by Gasteiger charge is -2.29. The van der Waals surface area contributed by atoms with Crippen molar-refractivity contribution in [1.29, 1.82) is 0 Å². The highest BCUT2D eigenvalue weighted by Crippen LogP contribution is 2.38. The Bertz CT molecular complexity index is 1210. The zero-order valence-electron chi connectivity index (χ0n) is 19.3. The quantitative estimate of drug-likeness (QED) is 0.551. The standard InChI is InChI=1S/C26H27F3N4O/c1-32-7-5-17(6-8-32)19-4-3-16(11-20(19)27)12-24-30-15-22(29)25(31-24)18-13-21(28)26-23(14-18)33(2)9-10-34-26/h3-4,11,13-15,17H,5-10,12H2,1-2H3. The van der Waals surface area contributed by atoms with Crippen LogP contribution in [-0.2, 0) is 6.42 Å². The van der Waals surface area contributed by atoms with Crippen molar-refractivity contribution < 1.29 is 17.9 Å². The average Bonchev–Trinajstić information content (AvgIpc) is 2.82. The molecule has 0 radical (unpaired) electrons. The second-order valence-corrected chi connectivity index (χ2v) is 9.17. The molecule has 1 aromatic heterocycles. The molecule has 5 rings (SSSR count). The molecular formula is C26H27F3N4O. The summed E-state index contributed by atoms with van der Waals surface area (Å²) in [4.78, 5) is 12.6. The van der Waals surface area contributed by atoms with Crippen molar-refractivity contribution in [1.82, 2.24) is 14.9 Å². The molecule has 3 aromatic rings. The highest BCUT2D eigenvalue weighted by molar-refractivity contribution is 5.72. The number of halogens is 3. The van der Waals surface area contributed by atoms with Gasteiger partial charge < -0.3 is 14.5 Å². The highest BCUT2D eigenvalue weighted by Gasteiger charge is 2.23. The molecule has 0 bridgehead atoms. The minimum Gasteiger partial charge on any atom is -0.486 e. The van der Waals surface area contributed by atoms with E-state index in [1.165, 1.54) is 12.1 Å². The maximum absolute atomic E-state index is 14.9. The number of benzene rings is 2. The topological polar surface area (TPSA) is 41.5 Å². The molecule has 0 amide bonds. The fourth-order valence-corrected chi connectivity index (χ4v) is 4.75. The summed E-state index contributed by atoms with van der Waals surface area (Å²) in [7, 11) is 3.91. The lowest BCUT2D eigenvalue weighted by atomic mass is 9.88. The molecule has 2 aromatic carbocycles. The van der Waals surface area contributed by atoms with Crippen molar-refractivity contribution >= 4 is 5.69 Å². The molecule has 5 nitrogen and oxygen atoms in total. The molecular weight excluding hydrogens is 441 g/mol. The van der Waals surface area contributed by atoms with E-state index in [1.807, 2.05) is 24.1 Å². The first-order chi connectivity index (χ1) is 16.4. The van der Waals surface area contributed by atoms with Crippen LogP contribution in [0.5, 0.6) is 5.75 Å². The second kappa shape index (κ2) is 9.25. The van der Waals surface area contributed by atoms with Crippen LogP contribution in [-0.4, -0.2) is 55.2 Å². The van der Waals surface area contributed by atoms with E-state index in [9.17, 15) is 13.2 Å². The molecule has 2 aliphatic rings. The van der Waals surface area contributed by atoms with Crippen molar-refractivity contribution in [2.75, 3.05) is 45.2 Å². The van der Waals surface area contributed by atoms with Gasteiger partial charge in [0.2, 0.25) is 0 Å². The predicted molar refractivity (Wildman–Crippen MR) is 125 cm³/mol. The molecule has 0 N–H and O–H groups in total. The third kappa shape index (κ3) is 4.46. The molecule has 2 aliphatic heterocycles. The first kappa shape index (κ1) is 22.7. The Labute approximate surface area is 197 Å². The summed E-state index contributed by atoms with van der Waals surface area (Å²) in [5, 5.41) is 0. The summed E-state index contributed by atoms with van der Waals surface area (Å²) in [6, 6.07) is 8.14. The smallest absolute Gasteiger partial charge is 0.178 e. The number of likely N-dealkylation sites (N-methyl/N-ethyl adjacent to an activating group) is 1. The van der Waals surface area contributed by atoms with E-state index in [1.54, 1.807) is 6.07 Å². The van der Waals surface area contributed by atoms with Gasteiger partial charge in [-0.3, -0.25) is 0 Å². The van der Waals surface area contributed by atoms with E-state index in [2.05, 4.69) is 21.9 Å². The number of rotatable bonds is 4. The van der Waals surface area contributed by atoms with Crippen LogP contribution >= 0.6 is 0 Å². The molecule has 3 heterocycles. The number of likely N-dealkylation sites (tertiary alicyclic amines) is 1. The van der Waals surface area contributed by atoms with Gasteiger partial charge >= 0.3 is 0 Å². The minimum atomic E-state index is -0.647. The largest absolute Gasteiger partial charge is 0.486 e. The van der Waals surface area contributed by atoms with E-state index in [-0.39, 0.29) is 29.6 Å². The molecule has 0 atom stereocenters. The molecule has 34 heavy (non-hydrogen) atoms. The normalized spacial score (nSPS) is 16.9. The fraction of sp³-hybridized carbons (Fsp3) is 0.385. The van der Waals surface area contributed by atoms with Crippen LogP contribution in [0.3, 0.4) is 0 Å². The number of ether oxygens (including phenoxy) is 1. The van der Waals surface area contributed by atoms with E-state index >= 15 is 0 Å². The Morgan fingerprint density at radius 1 is 0.971 bits per heavy atom. The summed E-state index contributed by atoms with van der Waals surface area (Å²) in [6.45, 7) is 2.91. The zero-order chi connectivity index (χ0) is 23.8. The summed E-state index contributed by atoms with van der Waals surface area (Å²) < 4.78 is 49.7. The number of hydrogen-bond acceptors (Lipinski definition) is 5. The van der Waals surface area contributed by atoms with Gasteiger partial charge in [0.15, 0.2) is 17.4 Å². The number of nitrogens with zero attached hydrogens (tertiary/aromatic N) is 4. The Morgan fingerprint density at radius 2 is 1.76 bits per heavy atom. The lowest BCUT2D eigenvalue weighted by molar-refractivity contribution is 0.253. The van der Waals surface area contributed by atoms with Crippen LogP contribution in [0, 0.1) is 17.5 Å². The molecule has 178 valence electrons. The van der Waals surface area contributed by atoms with Gasteiger partial charge in [0.1, 0.15) is 23.9 Å². The van der Waals surface area contributed by atoms with Crippen LogP contribution in [0.25, 0.3) is 11.3 Å². The fourth-order valence-electron chi connectivity index (χ4n) is 4.75. The van der Waals surface area contributed by atoms with Crippen molar-refractivity contribution in [3.63, 3.8) is 0 Å². The molecule has 8 heteroatoms. The lowest BCUT2D eigenvalue weighted by Crippen LogP contribution is -2.29. The van der Waals surface area contributed by atoms with Gasteiger partial charge in [-0.05, 0) is 68.2 Å². The Morgan fingerprint density at radius 3 is 2.53 bits per heavy atom. The molecule has 1 saturated heterocycles. The number of piperidine rings is 1. The molecule has 0 spiro atoms. The van der Waals surface area contributed by atoms with Gasteiger partial charge in [-0.15, -0.1) is 0 Å². The third-order valence-electron chi connectivity index (χ3n) is 6.76. The Hall–Kier alpha value is -3.13. The molecule has 1 fully saturated rings. The van der Waals surface area contributed by atoms with Crippen LogP contribution < -0.4 is 9.64 Å². The summed E-state index contributed by atoms with van der Waals surface area (Å²) in [5.74, 6) is -0.719. The SMILES string of the molecule is CN1CCC(c2ccc(Cc3ncc(F)c(-c4cc(F)c5c(c4)N(C)CCO5)n3)cc2F)CC1. The third-order valence-corrected chi connectivity index (χ3v) is 6.76. The van der Waals surface area contributed by atoms with Gasteiger partial charge in [0, 0.05) is 19.0 Å². The summed E-state index contributed by atoms with van der Waals surface area (Å²) in [5.41, 5.74) is 2.31.